The van der Waals surface area contributed by atoms with Gasteiger partial charge in [-0.15, -0.1) is 0 Å². The van der Waals surface area contributed by atoms with Gasteiger partial charge in [0.25, 0.3) is 5.56 Å². The lowest BCUT2D eigenvalue weighted by Gasteiger charge is -2.07. The molecule has 1 aliphatic rings. The highest BCUT2D eigenvalue weighted by Crippen LogP contribution is 2.33. The first-order valence-corrected chi connectivity index (χ1v) is 6.30. The van der Waals surface area contributed by atoms with Crippen molar-refractivity contribution >= 4 is 21.6 Å². The van der Waals surface area contributed by atoms with Crippen LogP contribution >= 0.6 is 11.5 Å². The van der Waals surface area contributed by atoms with Crippen LogP contribution in [0.5, 0.6) is 0 Å². The highest BCUT2D eigenvalue weighted by atomic mass is 32.1. The molecule has 1 saturated carbocycles. The number of benzene rings is 1. The molecule has 16 heavy (non-hydrogen) atoms. The lowest BCUT2D eigenvalue weighted by Crippen LogP contribution is -2.23. The normalized spacial score (nSPS) is 17.8. The second-order valence-corrected chi connectivity index (χ2v) is 5.42. The number of rotatable bonds is 3. The van der Waals surface area contributed by atoms with Crippen molar-refractivity contribution in [2.45, 2.75) is 25.5 Å². The molecule has 0 saturated heterocycles. The first kappa shape index (κ1) is 10.1. The molecule has 0 aliphatic heterocycles. The number of aromatic nitrogens is 1. The molecule has 1 N–H and O–H groups in total. The zero-order valence-corrected chi connectivity index (χ0v) is 9.61. The standard InChI is InChI=1S/C12H13NO2S/c14-10(8-5-6-8)7-13-12(15)9-3-1-2-4-11(9)16-13/h1-4,8,10,14H,5-7H2. The summed E-state index contributed by atoms with van der Waals surface area (Å²) in [5.74, 6) is 0.414. The van der Waals surface area contributed by atoms with Gasteiger partial charge in [0.1, 0.15) is 0 Å². The van der Waals surface area contributed by atoms with Gasteiger partial charge in [-0.05, 0) is 30.9 Å². The third-order valence-corrected chi connectivity index (χ3v) is 4.16. The van der Waals surface area contributed by atoms with Gasteiger partial charge in [-0.25, -0.2) is 0 Å². The van der Waals surface area contributed by atoms with E-state index in [9.17, 15) is 9.90 Å². The van der Waals surface area contributed by atoms with Crippen molar-refractivity contribution in [1.82, 2.24) is 3.96 Å². The molecular formula is C12H13NO2S. The predicted molar refractivity (Wildman–Crippen MR) is 64.8 cm³/mol. The Bertz CT molecular complexity index is 568. The van der Waals surface area contributed by atoms with E-state index in [1.807, 2.05) is 24.3 Å². The van der Waals surface area contributed by atoms with Crippen molar-refractivity contribution in [2.75, 3.05) is 0 Å². The fraction of sp³-hybridized carbons (Fsp3) is 0.417. The minimum absolute atomic E-state index is 0.0281. The predicted octanol–water partition coefficient (Wildman–Crippen LogP) is 1.83. The maximum atomic E-state index is 12.0. The zero-order valence-electron chi connectivity index (χ0n) is 8.80. The van der Waals surface area contributed by atoms with Crippen molar-refractivity contribution in [3.05, 3.63) is 34.6 Å². The van der Waals surface area contributed by atoms with Crippen LogP contribution in [0.2, 0.25) is 0 Å². The molecule has 3 rings (SSSR count). The minimum atomic E-state index is -0.356. The fourth-order valence-electron chi connectivity index (χ4n) is 1.94. The summed E-state index contributed by atoms with van der Waals surface area (Å²) in [7, 11) is 0. The van der Waals surface area contributed by atoms with Crippen LogP contribution in [0.15, 0.2) is 29.1 Å². The van der Waals surface area contributed by atoms with Crippen LogP contribution in [-0.2, 0) is 6.54 Å². The minimum Gasteiger partial charge on any atom is -0.391 e. The smallest absolute Gasteiger partial charge is 0.268 e. The molecule has 3 nitrogen and oxygen atoms in total. The Balaban J connectivity index is 1.97. The Morgan fingerprint density at radius 1 is 1.44 bits per heavy atom. The fourth-order valence-corrected chi connectivity index (χ4v) is 2.98. The van der Waals surface area contributed by atoms with E-state index in [1.165, 1.54) is 11.5 Å². The topological polar surface area (TPSA) is 42.2 Å². The summed E-state index contributed by atoms with van der Waals surface area (Å²) < 4.78 is 2.67. The first-order valence-electron chi connectivity index (χ1n) is 5.52. The van der Waals surface area contributed by atoms with Crippen molar-refractivity contribution in [3.63, 3.8) is 0 Å². The maximum absolute atomic E-state index is 12.0. The Hall–Kier alpha value is -1.13. The second kappa shape index (κ2) is 3.71. The van der Waals surface area contributed by atoms with E-state index in [0.717, 1.165) is 22.9 Å². The van der Waals surface area contributed by atoms with Gasteiger partial charge in [-0.3, -0.25) is 8.75 Å². The number of hydrogen-bond acceptors (Lipinski definition) is 3. The van der Waals surface area contributed by atoms with Crippen molar-refractivity contribution in [2.24, 2.45) is 5.92 Å². The van der Waals surface area contributed by atoms with Crippen LogP contribution in [0.3, 0.4) is 0 Å². The summed E-state index contributed by atoms with van der Waals surface area (Å²) in [6.07, 6.45) is 1.84. The average Bonchev–Trinajstić information content (AvgIpc) is 3.08. The number of hydrogen-bond donors (Lipinski definition) is 1. The average molecular weight is 235 g/mol. The molecule has 84 valence electrons. The van der Waals surface area contributed by atoms with Gasteiger partial charge < -0.3 is 5.11 Å². The van der Waals surface area contributed by atoms with Gasteiger partial charge in [-0.2, -0.15) is 0 Å². The SMILES string of the molecule is O=c1c2ccccc2sn1CC(O)C1CC1. The van der Waals surface area contributed by atoms with Gasteiger partial charge in [0.05, 0.1) is 22.7 Å². The van der Waals surface area contributed by atoms with E-state index in [2.05, 4.69) is 0 Å². The van der Waals surface area contributed by atoms with Crippen LogP contribution in [-0.4, -0.2) is 15.2 Å². The summed E-state index contributed by atoms with van der Waals surface area (Å²) in [5, 5.41) is 10.6. The van der Waals surface area contributed by atoms with E-state index >= 15 is 0 Å². The van der Waals surface area contributed by atoms with Crippen LogP contribution in [0.25, 0.3) is 10.1 Å². The molecule has 4 heteroatoms. The monoisotopic (exact) mass is 235 g/mol. The molecule has 0 spiro atoms. The van der Waals surface area contributed by atoms with E-state index in [0.29, 0.717) is 12.5 Å². The molecule has 2 aromatic rings. The van der Waals surface area contributed by atoms with Crippen molar-refractivity contribution in [1.29, 1.82) is 0 Å². The van der Waals surface area contributed by atoms with E-state index in [1.54, 1.807) is 3.96 Å². The third kappa shape index (κ3) is 1.68. The van der Waals surface area contributed by atoms with E-state index in [-0.39, 0.29) is 11.7 Å². The second-order valence-electron chi connectivity index (χ2n) is 4.36. The van der Waals surface area contributed by atoms with Crippen LogP contribution in [0, 0.1) is 5.92 Å². The molecule has 1 fully saturated rings. The van der Waals surface area contributed by atoms with Gasteiger partial charge in [0.2, 0.25) is 0 Å². The number of aliphatic hydroxyl groups is 1. The molecule has 1 unspecified atom stereocenters. The highest BCUT2D eigenvalue weighted by molar-refractivity contribution is 7.13. The molecule has 0 amide bonds. The molecular weight excluding hydrogens is 222 g/mol. The molecule has 0 bridgehead atoms. The molecule has 1 aliphatic carbocycles. The number of nitrogens with zero attached hydrogens (tertiary/aromatic N) is 1. The summed E-state index contributed by atoms with van der Waals surface area (Å²) >= 11 is 1.44. The summed E-state index contributed by atoms with van der Waals surface area (Å²) in [5.41, 5.74) is 0.0281. The third-order valence-electron chi connectivity index (χ3n) is 3.07. The Morgan fingerprint density at radius 3 is 2.88 bits per heavy atom. The molecule has 1 heterocycles. The Labute approximate surface area is 97.1 Å². The molecule has 1 aromatic heterocycles. The van der Waals surface area contributed by atoms with E-state index in [4.69, 9.17) is 0 Å². The summed E-state index contributed by atoms with van der Waals surface area (Å²) in [6.45, 7) is 0.447. The summed E-state index contributed by atoms with van der Waals surface area (Å²) in [4.78, 5) is 12.0. The summed E-state index contributed by atoms with van der Waals surface area (Å²) in [6, 6.07) is 7.59. The van der Waals surface area contributed by atoms with Crippen molar-refractivity contribution in [3.8, 4) is 0 Å². The van der Waals surface area contributed by atoms with E-state index < -0.39 is 0 Å². The first-order chi connectivity index (χ1) is 7.75. The van der Waals surface area contributed by atoms with Gasteiger partial charge in [0, 0.05) is 0 Å². The van der Waals surface area contributed by atoms with Gasteiger partial charge in [0.15, 0.2) is 0 Å². The Kier molecular flexibility index (Phi) is 2.33. The number of fused-ring (bicyclic) bond motifs is 1. The molecule has 1 aromatic carbocycles. The lowest BCUT2D eigenvalue weighted by atomic mass is 10.2. The maximum Gasteiger partial charge on any atom is 0.268 e. The van der Waals surface area contributed by atoms with Crippen molar-refractivity contribution < 1.29 is 5.11 Å². The lowest BCUT2D eigenvalue weighted by molar-refractivity contribution is 0.134. The molecule has 1 atom stereocenters. The van der Waals surface area contributed by atoms with Gasteiger partial charge in [-0.1, -0.05) is 23.7 Å². The number of aliphatic hydroxyl groups excluding tert-OH is 1. The highest BCUT2D eigenvalue weighted by Gasteiger charge is 2.30. The molecule has 0 radical (unpaired) electrons. The Morgan fingerprint density at radius 2 is 2.19 bits per heavy atom. The zero-order chi connectivity index (χ0) is 11.1. The quantitative estimate of drug-likeness (QED) is 0.882. The van der Waals surface area contributed by atoms with Crippen LogP contribution < -0.4 is 5.56 Å². The van der Waals surface area contributed by atoms with Gasteiger partial charge >= 0.3 is 0 Å². The largest absolute Gasteiger partial charge is 0.391 e. The van der Waals surface area contributed by atoms with Crippen LogP contribution in [0.1, 0.15) is 12.8 Å². The van der Waals surface area contributed by atoms with Crippen LogP contribution in [0.4, 0.5) is 0 Å².